The molecule has 1 atom stereocenters. The Morgan fingerprint density at radius 3 is 2.15 bits per heavy atom. The quantitative estimate of drug-likeness (QED) is 0.670. The monoisotopic (exact) mass is 396 g/mol. The highest BCUT2D eigenvalue weighted by atomic mass is 35.5. The molecule has 0 aliphatic heterocycles. The fraction of sp³-hybridized carbons (Fsp3) is 0.316. The van der Waals surface area contributed by atoms with Crippen molar-refractivity contribution in [1.29, 1.82) is 0 Å². The number of benzene rings is 2. The minimum atomic E-state index is -3.20. The van der Waals surface area contributed by atoms with Crippen molar-refractivity contribution < 1.29 is 13.2 Å². The summed E-state index contributed by atoms with van der Waals surface area (Å²) in [6.45, 7) is 1.91. The lowest BCUT2D eigenvalue weighted by atomic mass is 9.92. The average molecular weight is 397 g/mol. The molecule has 26 heavy (non-hydrogen) atoms. The van der Waals surface area contributed by atoms with Crippen LogP contribution >= 0.6 is 12.4 Å². The molecule has 0 radical (unpaired) electrons. The van der Waals surface area contributed by atoms with Gasteiger partial charge in [-0.1, -0.05) is 60.7 Å². The van der Waals surface area contributed by atoms with E-state index in [9.17, 15) is 13.2 Å². The van der Waals surface area contributed by atoms with Crippen LogP contribution in [-0.4, -0.2) is 26.6 Å². The Labute approximate surface area is 161 Å². The van der Waals surface area contributed by atoms with Crippen LogP contribution in [0.3, 0.4) is 0 Å². The van der Waals surface area contributed by atoms with Gasteiger partial charge in [-0.25, -0.2) is 8.42 Å². The summed E-state index contributed by atoms with van der Waals surface area (Å²) >= 11 is 0. The summed E-state index contributed by atoms with van der Waals surface area (Å²) in [6.07, 6.45) is 0.353. The van der Waals surface area contributed by atoms with Gasteiger partial charge in [-0.2, -0.15) is 0 Å². The lowest BCUT2D eigenvalue weighted by Crippen LogP contribution is -2.49. The normalized spacial score (nSPS) is 13.3. The molecule has 2 aromatic carbocycles. The van der Waals surface area contributed by atoms with Crippen molar-refractivity contribution in [3.63, 3.8) is 0 Å². The maximum absolute atomic E-state index is 12.3. The van der Waals surface area contributed by atoms with Crippen LogP contribution in [-0.2, 0) is 25.9 Å². The van der Waals surface area contributed by atoms with Crippen molar-refractivity contribution in [1.82, 2.24) is 5.32 Å². The largest absolute Gasteiger partial charge is 0.354 e. The molecule has 3 N–H and O–H groups in total. The van der Waals surface area contributed by atoms with Crippen LogP contribution in [0.15, 0.2) is 60.7 Å². The van der Waals surface area contributed by atoms with Gasteiger partial charge in [0.1, 0.15) is 5.54 Å². The van der Waals surface area contributed by atoms with Crippen LogP contribution in [0, 0.1) is 0 Å². The predicted molar refractivity (Wildman–Crippen MR) is 107 cm³/mol. The van der Waals surface area contributed by atoms with Crippen LogP contribution < -0.4 is 11.1 Å². The second-order valence-electron chi connectivity index (χ2n) is 6.26. The molecule has 5 nitrogen and oxygen atoms in total. The first kappa shape index (κ1) is 22.2. The second-order valence-corrected chi connectivity index (χ2v) is 8.44. The van der Waals surface area contributed by atoms with Gasteiger partial charge in [-0.15, -0.1) is 12.4 Å². The topological polar surface area (TPSA) is 89.3 Å². The maximum Gasteiger partial charge on any atom is 0.244 e. The summed E-state index contributed by atoms with van der Waals surface area (Å²) in [6, 6.07) is 18.2. The molecule has 2 aromatic rings. The molecule has 0 aromatic heterocycles. The Morgan fingerprint density at radius 1 is 1.04 bits per heavy atom. The first-order chi connectivity index (χ1) is 11.8. The van der Waals surface area contributed by atoms with E-state index in [1.54, 1.807) is 31.2 Å². The molecule has 7 heteroatoms. The molecule has 0 aliphatic carbocycles. The van der Waals surface area contributed by atoms with Gasteiger partial charge >= 0.3 is 0 Å². The van der Waals surface area contributed by atoms with E-state index in [-0.39, 0.29) is 36.4 Å². The van der Waals surface area contributed by atoms with Gasteiger partial charge in [0, 0.05) is 6.54 Å². The maximum atomic E-state index is 12.3. The molecule has 0 saturated heterocycles. The summed E-state index contributed by atoms with van der Waals surface area (Å²) in [5.41, 5.74) is 6.45. The molecule has 0 spiro atoms. The highest BCUT2D eigenvalue weighted by Gasteiger charge is 2.29. The number of sulfone groups is 1. The van der Waals surface area contributed by atoms with Crippen molar-refractivity contribution in [2.45, 2.75) is 24.6 Å². The zero-order valence-electron chi connectivity index (χ0n) is 14.7. The smallest absolute Gasteiger partial charge is 0.244 e. The van der Waals surface area contributed by atoms with Gasteiger partial charge in [0.2, 0.25) is 5.91 Å². The molecular weight excluding hydrogens is 372 g/mol. The van der Waals surface area contributed by atoms with Crippen LogP contribution in [0.1, 0.15) is 24.5 Å². The summed E-state index contributed by atoms with van der Waals surface area (Å²) in [5, 5.41) is 2.73. The number of nitrogens with one attached hydrogen (secondary N) is 1. The summed E-state index contributed by atoms with van der Waals surface area (Å²) in [5.74, 6) is -0.283. The van der Waals surface area contributed by atoms with Gasteiger partial charge in [-0.3, -0.25) is 4.79 Å². The van der Waals surface area contributed by atoms with Gasteiger partial charge in [-0.05, 0) is 24.5 Å². The third-order valence-corrected chi connectivity index (χ3v) is 5.68. The van der Waals surface area contributed by atoms with Crippen LogP contribution in [0.25, 0.3) is 0 Å². The van der Waals surface area contributed by atoms with E-state index in [0.29, 0.717) is 12.0 Å². The zero-order valence-corrected chi connectivity index (χ0v) is 16.4. The average Bonchev–Trinajstić information content (AvgIpc) is 2.59. The highest BCUT2D eigenvalue weighted by Crippen LogP contribution is 2.17. The minimum absolute atomic E-state index is 0. The number of halogens is 1. The number of hydrogen-bond acceptors (Lipinski definition) is 4. The first-order valence-electron chi connectivity index (χ1n) is 8.18. The van der Waals surface area contributed by atoms with Crippen molar-refractivity contribution in [3.05, 3.63) is 71.8 Å². The van der Waals surface area contributed by atoms with Crippen molar-refractivity contribution in [2.24, 2.45) is 5.73 Å². The van der Waals surface area contributed by atoms with Gasteiger partial charge in [0.05, 0.1) is 11.5 Å². The minimum Gasteiger partial charge on any atom is -0.354 e. The zero-order chi connectivity index (χ0) is 18.3. The molecule has 0 fully saturated rings. The summed E-state index contributed by atoms with van der Waals surface area (Å²) in [4.78, 5) is 12.3. The Bertz CT molecular complexity index is 794. The molecule has 1 unspecified atom stereocenters. The summed E-state index contributed by atoms with van der Waals surface area (Å²) in [7, 11) is -3.20. The predicted octanol–water partition coefficient (Wildman–Crippen LogP) is 2.40. The van der Waals surface area contributed by atoms with E-state index < -0.39 is 15.4 Å². The fourth-order valence-corrected chi connectivity index (χ4v) is 3.92. The molecule has 0 saturated carbocycles. The second kappa shape index (κ2) is 9.71. The van der Waals surface area contributed by atoms with E-state index in [2.05, 4.69) is 5.32 Å². The van der Waals surface area contributed by atoms with E-state index in [4.69, 9.17) is 5.73 Å². The van der Waals surface area contributed by atoms with E-state index >= 15 is 0 Å². The number of hydrogen-bond donors (Lipinski definition) is 2. The Balaban J connectivity index is 0.00000338. The van der Waals surface area contributed by atoms with E-state index in [0.717, 1.165) is 5.56 Å². The number of carbonyl (C=O) groups excluding carboxylic acids is 1. The van der Waals surface area contributed by atoms with Gasteiger partial charge < -0.3 is 11.1 Å². The van der Waals surface area contributed by atoms with Gasteiger partial charge in [0.15, 0.2) is 9.84 Å². The van der Waals surface area contributed by atoms with Crippen molar-refractivity contribution in [2.75, 3.05) is 12.3 Å². The van der Waals surface area contributed by atoms with Gasteiger partial charge in [0.25, 0.3) is 0 Å². The number of nitrogens with two attached hydrogens (primary N) is 1. The molecule has 142 valence electrons. The number of carbonyl (C=O) groups is 1. The molecule has 0 aliphatic rings. The lowest BCUT2D eigenvalue weighted by molar-refractivity contribution is -0.126. The van der Waals surface area contributed by atoms with Crippen LogP contribution in [0.2, 0.25) is 0 Å². The first-order valence-corrected chi connectivity index (χ1v) is 10.0. The van der Waals surface area contributed by atoms with Crippen LogP contribution in [0.5, 0.6) is 0 Å². The van der Waals surface area contributed by atoms with Crippen molar-refractivity contribution >= 4 is 28.2 Å². The van der Waals surface area contributed by atoms with Crippen LogP contribution in [0.4, 0.5) is 0 Å². The molecule has 1 amide bonds. The third-order valence-electron chi connectivity index (χ3n) is 3.99. The number of amides is 1. The fourth-order valence-electron chi connectivity index (χ4n) is 2.49. The highest BCUT2D eigenvalue weighted by molar-refractivity contribution is 7.90. The molecule has 0 bridgehead atoms. The number of rotatable bonds is 8. The molecule has 0 heterocycles. The third kappa shape index (κ3) is 6.44. The molecular formula is C19H25ClN2O3S. The Kier molecular flexibility index (Phi) is 8.27. The summed E-state index contributed by atoms with van der Waals surface area (Å²) < 4.78 is 24.3. The Hall–Kier alpha value is -1.89. The van der Waals surface area contributed by atoms with Crippen molar-refractivity contribution in [3.8, 4) is 0 Å². The molecule has 2 rings (SSSR count). The van der Waals surface area contributed by atoms with E-state index in [1.165, 1.54) is 0 Å². The lowest BCUT2D eigenvalue weighted by Gasteiger charge is -2.24. The SMILES string of the molecule is CC(N)(C(=O)NCCCS(=O)(=O)Cc1ccccc1)c1ccccc1.Cl. The van der Waals surface area contributed by atoms with E-state index in [1.807, 2.05) is 36.4 Å². The Morgan fingerprint density at radius 2 is 1.58 bits per heavy atom. The standard InChI is InChI=1S/C19H24N2O3S.ClH/c1-19(20,17-11-6-3-7-12-17)18(22)21-13-8-14-25(23,24)15-16-9-4-2-5-10-16;/h2-7,9-12H,8,13-15,20H2,1H3,(H,21,22);1H.